The molecule has 0 bridgehead atoms. The van der Waals surface area contributed by atoms with Gasteiger partial charge in [-0.05, 0) is 373 Å². The van der Waals surface area contributed by atoms with Crippen molar-refractivity contribution in [3.8, 4) is 0 Å². The lowest BCUT2D eigenvalue weighted by Gasteiger charge is -2.67. The maximum Gasteiger partial charge on any atom is 0.0164 e. The smallest absolute Gasteiger partial charge is 0.0164 e. The first-order valence-corrected chi connectivity index (χ1v) is 51.6. The van der Waals surface area contributed by atoms with Crippen LogP contribution in [0.3, 0.4) is 0 Å². The topological polar surface area (TPSA) is 6.48 Å². The molecule has 0 aromatic heterocycles. The molecule has 0 radical (unpaired) electrons. The molecule has 8 unspecified atom stereocenters. The summed E-state index contributed by atoms with van der Waals surface area (Å²) in [4.78, 5) is 7.53. The van der Waals surface area contributed by atoms with E-state index in [4.69, 9.17) is 0 Å². The third kappa shape index (κ3) is 18.9. The molecule has 17 aliphatic rings. The number of rotatable bonds is 18. The van der Waals surface area contributed by atoms with E-state index in [1.807, 2.05) is 22.3 Å². The summed E-state index contributed by atoms with van der Waals surface area (Å²) in [5.74, 6) is 22.1. The normalized spacial score (nSPS) is 44.8. The average Bonchev–Trinajstić information content (AvgIpc) is 0.710. The van der Waals surface area contributed by atoms with Crippen molar-refractivity contribution in [2.75, 3.05) is 0 Å². The van der Waals surface area contributed by atoms with Crippen molar-refractivity contribution in [2.24, 2.45) is 142 Å². The van der Waals surface area contributed by atoms with Gasteiger partial charge in [-0.3, -0.25) is 9.80 Å². The van der Waals surface area contributed by atoms with Gasteiger partial charge in [-0.15, -0.1) is 0 Å². The standard InChI is InChI=1S/C106H174N2/c1-73-33-49-85(50-34-73)97(81-21-9-5-10-22-81)65-77-41-57-93(58-42-77)107(94-59-43-78(44-60-94)66-98(82-23-11-6-12-24-82)86-51-35-74(2)36-52-86)105-101-69-89-29-17-19-31-91(89)71-103(101)106(104-72-92-32-20-18-30-90(92)70-102(104)105)108(95-61-45-79(46-62-95)67-99(83-25-13-7-14-26-83)87-53-37-75(3)38-54-87)96-63-47-80(48-64-96)68-100(84-27-15-8-16-28-84)88-55-39-76(4)40-56-88/h65-68,73-96,101-106H,5-64,69-72H2,1-4H3/b97-65+,98-66+,99-67+,100-68+. The third-order valence-corrected chi connectivity index (χ3v) is 38.6. The van der Waals surface area contributed by atoms with E-state index in [1.165, 1.54) is 334 Å². The van der Waals surface area contributed by atoms with Crippen LogP contribution in [0.15, 0.2) is 46.6 Å². The zero-order chi connectivity index (χ0) is 72.9. The van der Waals surface area contributed by atoms with Gasteiger partial charge in [0.05, 0.1) is 0 Å². The Hall–Kier alpha value is -1.12. The largest absolute Gasteiger partial charge is 0.294 e. The van der Waals surface area contributed by atoms with E-state index in [0.717, 1.165) is 178 Å². The van der Waals surface area contributed by atoms with E-state index >= 15 is 0 Å². The van der Waals surface area contributed by atoms with E-state index in [-0.39, 0.29) is 0 Å². The fraction of sp³-hybridized carbons (Fsp3) is 0.925. The maximum absolute atomic E-state index is 3.76. The molecule has 17 aliphatic carbocycles. The fourth-order valence-corrected chi connectivity index (χ4v) is 32.5. The molecule has 608 valence electrons. The maximum atomic E-state index is 3.76. The van der Waals surface area contributed by atoms with Crippen molar-refractivity contribution in [1.29, 1.82) is 0 Å². The lowest BCUT2D eigenvalue weighted by Crippen LogP contribution is -2.70. The minimum atomic E-state index is 0.812. The molecule has 0 amide bonds. The highest BCUT2D eigenvalue weighted by Gasteiger charge is 2.62. The van der Waals surface area contributed by atoms with Crippen LogP contribution < -0.4 is 0 Å². The summed E-state index contributed by atoms with van der Waals surface area (Å²) in [6, 6.07) is 4.93. The number of fused-ring (bicyclic) bond motifs is 4. The molecule has 0 aromatic rings. The van der Waals surface area contributed by atoms with Gasteiger partial charge >= 0.3 is 0 Å². The van der Waals surface area contributed by atoms with Gasteiger partial charge in [0.2, 0.25) is 0 Å². The van der Waals surface area contributed by atoms with Crippen molar-refractivity contribution >= 4 is 0 Å². The van der Waals surface area contributed by atoms with Gasteiger partial charge in [-0.1, -0.05) is 254 Å². The monoisotopic (exact) mass is 1480 g/mol. The summed E-state index contributed by atoms with van der Waals surface area (Å²) >= 11 is 0. The molecular weight excluding hydrogens is 1300 g/mol. The van der Waals surface area contributed by atoms with E-state index in [1.54, 1.807) is 77.0 Å². The highest BCUT2D eigenvalue weighted by Crippen LogP contribution is 2.63. The molecule has 0 heterocycles. The lowest BCUT2D eigenvalue weighted by atomic mass is 9.47. The third-order valence-electron chi connectivity index (χ3n) is 38.6. The minimum absolute atomic E-state index is 0.812. The van der Waals surface area contributed by atoms with Gasteiger partial charge in [0.15, 0.2) is 0 Å². The summed E-state index contributed by atoms with van der Waals surface area (Å²) in [7, 11) is 0. The van der Waals surface area contributed by atoms with E-state index < -0.39 is 0 Å². The Morgan fingerprint density at radius 2 is 0.361 bits per heavy atom. The van der Waals surface area contributed by atoms with Crippen molar-refractivity contribution < 1.29 is 0 Å². The summed E-state index contributed by atoms with van der Waals surface area (Å²) < 4.78 is 0. The first-order valence-electron chi connectivity index (χ1n) is 51.6. The average molecular weight is 1480 g/mol. The molecule has 0 N–H and O–H groups in total. The Morgan fingerprint density at radius 3 is 0.556 bits per heavy atom. The first-order chi connectivity index (χ1) is 53.1. The van der Waals surface area contributed by atoms with Crippen LogP contribution in [-0.2, 0) is 0 Å². The lowest BCUT2D eigenvalue weighted by molar-refractivity contribution is -0.174. The van der Waals surface area contributed by atoms with Crippen molar-refractivity contribution in [3.63, 3.8) is 0 Å². The SMILES string of the molecule is CC1CCC(/C(=C/C2CCC(N(C3CCC(/C=C(\C4CCCCC4)C4CCC(C)CC4)CC3)C3C4CC5CCCCC5CC4C(N(C4CCC(/C=C(\C5CCCCC5)C5CCC(C)CC5)CC4)C4CCC(/C=C(\C5CCCCC5)C5CCC(C)CC5)CC4)C4CC5CCCCC5CC43)CC2)C2CCCCC2)CC1. The Bertz CT molecular complexity index is 2430. The highest BCUT2D eigenvalue weighted by molar-refractivity contribution is 5.22. The van der Waals surface area contributed by atoms with Gasteiger partial charge in [0, 0.05) is 36.3 Å². The van der Waals surface area contributed by atoms with E-state index in [2.05, 4.69) is 61.8 Å². The number of hydrogen-bond donors (Lipinski definition) is 0. The van der Waals surface area contributed by atoms with Crippen LogP contribution >= 0.6 is 0 Å². The van der Waals surface area contributed by atoms with Crippen molar-refractivity contribution in [3.05, 3.63) is 46.6 Å². The van der Waals surface area contributed by atoms with Gasteiger partial charge < -0.3 is 0 Å². The van der Waals surface area contributed by atoms with Crippen LogP contribution in [0.4, 0.5) is 0 Å². The van der Waals surface area contributed by atoms with Gasteiger partial charge in [-0.2, -0.15) is 0 Å². The van der Waals surface area contributed by atoms with Crippen LogP contribution in [-0.4, -0.2) is 46.1 Å². The van der Waals surface area contributed by atoms with Crippen LogP contribution in [0, 0.1) is 142 Å². The van der Waals surface area contributed by atoms with Gasteiger partial charge in [-0.25, -0.2) is 0 Å². The molecular formula is C106H174N2. The predicted molar refractivity (Wildman–Crippen MR) is 461 cm³/mol. The molecule has 8 atom stereocenters. The van der Waals surface area contributed by atoms with Gasteiger partial charge in [0.1, 0.15) is 0 Å². The second kappa shape index (κ2) is 38.1. The molecule has 2 heteroatoms. The second-order valence-corrected chi connectivity index (χ2v) is 45.2. The summed E-state index contributed by atoms with van der Waals surface area (Å²) in [6.45, 7) is 10.3. The molecule has 17 saturated carbocycles. The van der Waals surface area contributed by atoms with Crippen LogP contribution in [0.2, 0.25) is 0 Å². The Morgan fingerprint density at radius 1 is 0.185 bits per heavy atom. The highest BCUT2D eigenvalue weighted by atomic mass is 15.3. The molecule has 0 aliphatic heterocycles. The van der Waals surface area contributed by atoms with Crippen LogP contribution in [0.5, 0.6) is 0 Å². The zero-order valence-electron chi connectivity index (χ0n) is 71.8. The van der Waals surface area contributed by atoms with Crippen LogP contribution in [0.25, 0.3) is 0 Å². The molecule has 0 saturated heterocycles. The quantitative estimate of drug-likeness (QED) is 0.126. The van der Waals surface area contributed by atoms with Crippen LogP contribution in [0.1, 0.15) is 439 Å². The number of hydrogen-bond acceptors (Lipinski definition) is 2. The predicted octanol–water partition coefficient (Wildman–Crippen LogP) is 30.6. The van der Waals surface area contributed by atoms with Crippen molar-refractivity contribution in [2.45, 2.75) is 475 Å². The fourth-order valence-electron chi connectivity index (χ4n) is 32.5. The second-order valence-electron chi connectivity index (χ2n) is 45.2. The molecule has 17 fully saturated rings. The molecule has 108 heavy (non-hydrogen) atoms. The molecule has 0 aromatic carbocycles. The first kappa shape index (κ1) is 79.4. The molecule has 17 rings (SSSR count). The van der Waals surface area contributed by atoms with E-state index in [9.17, 15) is 0 Å². The zero-order valence-corrected chi connectivity index (χ0v) is 71.8. The minimum Gasteiger partial charge on any atom is -0.294 e. The summed E-state index contributed by atoms with van der Waals surface area (Å²) in [5, 5.41) is 0. The molecule has 2 nitrogen and oxygen atoms in total. The summed E-state index contributed by atoms with van der Waals surface area (Å²) in [6.07, 6.45) is 110. The Kier molecular flexibility index (Phi) is 28.0. The Labute approximate surface area is 669 Å². The van der Waals surface area contributed by atoms with Crippen molar-refractivity contribution in [1.82, 2.24) is 9.80 Å². The Balaban J connectivity index is 0.728. The number of nitrogens with zero attached hydrogens (tertiary/aromatic N) is 2. The van der Waals surface area contributed by atoms with E-state index in [0.29, 0.717) is 0 Å². The summed E-state index contributed by atoms with van der Waals surface area (Å²) in [5.41, 5.74) is 8.16. The van der Waals surface area contributed by atoms with Gasteiger partial charge in [0.25, 0.3) is 0 Å². The molecule has 0 spiro atoms. The number of allylic oxidation sites excluding steroid dienone is 8.